The number of ether oxygens (including phenoxy) is 3. The maximum Gasteiger partial charge on any atom is 0.586 e. The maximum atomic E-state index is 13.1. The molecule has 2 aliphatic rings. The average Bonchev–Trinajstić information content (AvgIpc) is 2.72. The van der Waals surface area contributed by atoms with E-state index in [1.165, 1.54) is 6.07 Å². The molecule has 0 bridgehead atoms. The first kappa shape index (κ1) is 15.3. The fraction of sp³-hybridized carbons (Fsp3) is 0.538. The minimum Gasteiger partial charge on any atom is -0.395 e. The SMILES string of the molecule is Cl.N[C@H](c1cccc2c1OC(F)(F)O2)C1CCOCC1. The summed E-state index contributed by atoms with van der Waals surface area (Å²) in [4.78, 5) is 0. The summed E-state index contributed by atoms with van der Waals surface area (Å²) in [5.74, 6) is 0.314. The molecule has 1 atom stereocenters. The van der Waals surface area contributed by atoms with Gasteiger partial charge in [0.15, 0.2) is 11.5 Å². The second kappa shape index (κ2) is 5.71. The van der Waals surface area contributed by atoms with Gasteiger partial charge in [0.2, 0.25) is 0 Å². The number of hydrogen-bond acceptors (Lipinski definition) is 4. The maximum absolute atomic E-state index is 13.1. The molecule has 2 aliphatic heterocycles. The molecule has 0 spiro atoms. The molecule has 0 saturated carbocycles. The fourth-order valence-corrected chi connectivity index (χ4v) is 2.58. The van der Waals surface area contributed by atoms with Crippen LogP contribution in [-0.2, 0) is 4.74 Å². The molecule has 0 aromatic heterocycles. The standard InChI is InChI=1S/C13H15F2NO3.ClH/c14-13(15)18-10-3-1-2-9(12(10)19-13)11(16)8-4-6-17-7-5-8;/h1-3,8,11H,4-7,16H2;1H/t11-;/m0./s1. The first-order chi connectivity index (χ1) is 9.07. The molecule has 0 unspecified atom stereocenters. The highest BCUT2D eigenvalue weighted by Crippen LogP contribution is 2.46. The summed E-state index contributed by atoms with van der Waals surface area (Å²) in [6.45, 7) is 1.31. The highest BCUT2D eigenvalue weighted by Gasteiger charge is 2.45. The number of hydrogen-bond donors (Lipinski definition) is 1. The van der Waals surface area contributed by atoms with Crippen molar-refractivity contribution < 1.29 is 23.0 Å². The summed E-state index contributed by atoms with van der Waals surface area (Å²) in [6.07, 6.45) is -1.96. The zero-order chi connectivity index (χ0) is 13.5. The Morgan fingerprint density at radius 1 is 1.20 bits per heavy atom. The minimum absolute atomic E-state index is 0. The molecule has 1 aromatic rings. The summed E-state index contributed by atoms with van der Waals surface area (Å²) < 4.78 is 40.5. The number of alkyl halides is 2. The van der Waals surface area contributed by atoms with Crippen LogP contribution in [0.5, 0.6) is 11.5 Å². The molecule has 1 aromatic carbocycles. The number of benzene rings is 1. The monoisotopic (exact) mass is 307 g/mol. The molecule has 0 radical (unpaired) electrons. The van der Waals surface area contributed by atoms with Crippen molar-refractivity contribution in [1.82, 2.24) is 0 Å². The minimum atomic E-state index is -3.60. The summed E-state index contributed by atoms with van der Waals surface area (Å²) >= 11 is 0. The van der Waals surface area contributed by atoms with Gasteiger partial charge in [-0.3, -0.25) is 0 Å². The molecule has 0 amide bonds. The normalized spacial score (nSPS) is 22.1. The van der Waals surface area contributed by atoms with Crippen LogP contribution in [0.1, 0.15) is 24.4 Å². The van der Waals surface area contributed by atoms with Crippen molar-refractivity contribution >= 4 is 12.4 Å². The van der Waals surface area contributed by atoms with Crippen LogP contribution in [0.3, 0.4) is 0 Å². The highest BCUT2D eigenvalue weighted by molar-refractivity contribution is 5.85. The van der Waals surface area contributed by atoms with E-state index in [2.05, 4.69) is 9.47 Å². The zero-order valence-electron chi connectivity index (χ0n) is 10.7. The Hall–Kier alpha value is -1.11. The Morgan fingerprint density at radius 3 is 2.60 bits per heavy atom. The van der Waals surface area contributed by atoms with E-state index in [9.17, 15) is 8.78 Å². The van der Waals surface area contributed by atoms with E-state index in [1.807, 2.05) is 0 Å². The quantitative estimate of drug-likeness (QED) is 0.913. The van der Waals surface area contributed by atoms with E-state index in [0.717, 1.165) is 12.8 Å². The summed E-state index contributed by atoms with van der Waals surface area (Å²) in [5, 5.41) is 0. The third-order valence-corrected chi connectivity index (χ3v) is 3.59. The van der Waals surface area contributed by atoms with Gasteiger partial charge in [-0.2, -0.15) is 0 Å². The molecule has 1 fully saturated rings. The predicted molar refractivity (Wildman–Crippen MR) is 70.4 cm³/mol. The van der Waals surface area contributed by atoms with Gasteiger partial charge in [0, 0.05) is 24.8 Å². The van der Waals surface area contributed by atoms with E-state index in [-0.39, 0.29) is 35.9 Å². The molecule has 112 valence electrons. The van der Waals surface area contributed by atoms with Crippen LogP contribution in [0.25, 0.3) is 0 Å². The van der Waals surface area contributed by atoms with Crippen LogP contribution in [0.2, 0.25) is 0 Å². The molecular formula is C13H16ClF2NO3. The van der Waals surface area contributed by atoms with Gasteiger partial charge in [-0.1, -0.05) is 12.1 Å². The van der Waals surface area contributed by atoms with Gasteiger partial charge in [-0.05, 0) is 24.8 Å². The summed E-state index contributed by atoms with van der Waals surface area (Å²) in [7, 11) is 0. The molecule has 7 heteroatoms. The van der Waals surface area contributed by atoms with Crippen molar-refractivity contribution in [2.75, 3.05) is 13.2 Å². The Bertz CT molecular complexity index is 481. The smallest absolute Gasteiger partial charge is 0.395 e. The van der Waals surface area contributed by atoms with Crippen LogP contribution in [0, 0.1) is 5.92 Å². The Labute approximate surface area is 121 Å². The van der Waals surface area contributed by atoms with Crippen molar-refractivity contribution in [1.29, 1.82) is 0 Å². The molecule has 2 N–H and O–H groups in total. The lowest BCUT2D eigenvalue weighted by Gasteiger charge is -2.28. The Morgan fingerprint density at radius 2 is 1.90 bits per heavy atom. The highest BCUT2D eigenvalue weighted by atomic mass is 35.5. The molecule has 20 heavy (non-hydrogen) atoms. The topological polar surface area (TPSA) is 53.7 Å². The Kier molecular flexibility index (Phi) is 4.36. The lowest BCUT2D eigenvalue weighted by molar-refractivity contribution is -0.287. The van der Waals surface area contributed by atoms with Crippen LogP contribution >= 0.6 is 12.4 Å². The third kappa shape index (κ3) is 2.82. The molecule has 2 heterocycles. The molecule has 4 nitrogen and oxygen atoms in total. The van der Waals surface area contributed by atoms with E-state index < -0.39 is 6.29 Å². The van der Waals surface area contributed by atoms with E-state index >= 15 is 0 Å². The number of nitrogens with two attached hydrogens (primary N) is 1. The Balaban J connectivity index is 0.00000147. The van der Waals surface area contributed by atoms with Crippen LogP contribution < -0.4 is 15.2 Å². The fourth-order valence-electron chi connectivity index (χ4n) is 2.58. The van der Waals surface area contributed by atoms with Gasteiger partial charge in [-0.25, -0.2) is 0 Å². The molecular weight excluding hydrogens is 292 g/mol. The number of halogens is 3. The van der Waals surface area contributed by atoms with E-state index in [1.54, 1.807) is 12.1 Å². The number of rotatable bonds is 2. The van der Waals surface area contributed by atoms with Gasteiger partial charge in [-0.15, -0.1) is 21.2 Å². The van der Waals surface area contributed by atoms with Gasteiger partial charge in [0.25, 0.3) is 0 Å². The first-order valence-corrected chi connectivity index (χ1v) is 6.29. The van der Waals surface area contributed by atoms with Crippen molar-refractivity contribution in [3.8, 4) is 11.5 Å². The van der Waals surface area contributed by atoms with Crippen LogP contribution in [0.4, 0.5) is 8.78 Å². The van der Waals surface area contributed by atoms with Crippen molar-refractivity contribution in [2.24, 2.45) is 11.7 Å². The van der Waals surface area contributed by atoms with Gasteiger partial charge >= 0.3 is 6.29 Å². The zero-order valence-corrected chi connectivity index (χ0v) is 11.5. The number of fused-ring (bicyclic) bond motifs is 1. The number of para-hydroxylation sites is 1. The first-order valence-electron chi connectivity index (χ1n) is 6.29. The van der Waals surface area contributed by atoms with Crippen molar-refractivity contribution in [3.63, 3.8) is 0 Å². The third-order valence-electron chi connectivity index (χ3n) is 3.59. The predicted octanol–water partition coefficient (Wildman–Crippen LogP) is 2.86. The second-order valence-corrected chi connectivity index (χ2v) is 4.82. The second-order valence-electron chi connectivity index (χ2n) is 4.82. The average molecular weight is 308 g/mol. The van der Waals surface area contributed by atoms with Gasteiger partial charge in [0.1, 0.15) is 0 Å². The van der Waals surface area contributed by atoms with E-state index in [4.69, 9.17) is 10.5 Å². The summed E-state index contributed by atoms with van der Waals surface area (Å²) in [5.41, 5.74) is 6.77. The van der Waals surface area contributed by atoms with Crippen molar-refractivity contribution in [2.45, 2.75) is 25.2 Å². The molecule has 0 aliphatic carbocycles. The van der Waals surface area contributed by atoms with Crippen LogP contribution in [0.15, 0.2) is 18.2 Å². The molecule has 3 rings (SSSR count). The van der Waals surface area contributed by atoms with E-state index in [0.29, 0.717) is 18.8 Å². The van der Waals surface area contributed by atoms with Crippen molar-refractivity contribution in [3.05, 3.63) is 23.8 Å². The molecule has 1 saturated heterocycles. The summed E-state index contributed by atoms with van der Waals surface area (Å²) in [6, 6.07) is 4.47. The lowest BCUT2D eigenvalue weighted by Crippen LogP contribution is -2.29. The largest absolute Gasteiger partial charge is 0.586 e. The van der Waals surface area contributed by atoms with Gasteiger partial charge in [0.05, 0.1) is 0 Å². The van der Waals surface area contributed by atoms with Crippen LogP contribution in [-0.4, -0.2) is 19.5 Å². The van der Waals surface area contributed by atoms with Gasteiger partial charge < -0.3 is 19.9 Å². The lowest BCUT2D eigenvalue weighted by atomic mass is 9.87.